The summed E-state index contributed by atoms with van der Waals surface area (Å²) in [5.74, 6) is -9.60. The van der Waals surface area contributed by atoms with Gasteiger partial charge in [0.15, 0.2) is 0 Å². The van der Waals surface area contributed by atoms with Crippen molar-refractivity contribution >= 4 is 93.6 Å². The number of carbonyl (C=O) groups is 14. The summed E-state index contributed by atoms with van der Waals surface area (Å²) in [4.78, 5) is 209. The molecule has 11 rings (SSSR count). The third-order valence-electron chi connectivity index (χ3n) is 25.7. The molecule has 2 fully saturated rings. The Labute approximate surface area is 784 Å². The summed E-state index contributed by atoms with van der Waals surface area (Å²) in [6.07, 6.45) is 10.3. The molecule has 1 aromatic heterocycles. The number of halogens is 1. The number of carbonyl (C=O) groups excluding carboxylic acids is 14. The summed E-state index contributed by atoms with van der Waals surface area (Å²) < 4.78 is 41.7. The van der Waals surface area contributed by atoms with Crippen LogP contribution in [0.5, 0.6) is 5.75 Å². The molecular formula is C98H140FN16O19+. The average molecular weight is 1870 g/mol. The number of benzene rings is 4. The molecule has 134 heavy (non-hydrogen) atoms. The molecule has 36 heteroatoms. The number of hydrogen-bond donors (Lipinski definition) is 12. The number of methoxy groups -OCH3 is 1. The van der Waals surface area contributed by atoms with Crippen molar-refractivity contribution in [2.75, 3.05) is 113 Å². The molecule has 10 atom stereocenters. The number of rotatable bonds is 30. The standard InChI is InChI=1S/C98H139FN16O19/c1-8-9-10-16-25-82(117)100-42-18-13-11-12-17-26-83(118)101-44-49-115(5,6)50-51-132-52-53-133-63-85(120)104-60-79-92(125)106-76-56-70-23-21-24-71(54-70)59-103-86(121)64-134-81-40-48-113-89(81)94(127)110-88(66(3)116)93(126)108-77(55-68-31-34-74(131-7)35-32-68)96(129)114-47-22-41-98(114,4)97(130)102-43-39-67-27-29-69(30-28-67)61-112(87(122)38-37-84(119)105-65(2)90(123)109-79)46-20-15-14-19-45-111-62-72(57-78(95(113)128)107-91(76)124)75-58-73(99)33-36-80(75)111/h21,23-24,27-36,54,58,62,65-66,76-79,81,88-89,116H,8-20,22,25-26,37-53,55-57,59-61,63-64H2,1-7H3,(H10-,100,101,102,103,104,105,106,107,108,109,110,117,118,119,120,121,123,124,125,126,127,130)/p+1/t65-,66+,76-,77-,78-,79+,81-,88-,89?,98-/m0/s1. The molecule has 0 saturated carbocycles. The van der Waals surface area contributed by atoms with E-state index in [1.807, 2.05) is 42.9 Å². The lowest BCUT2D eigenvalue weighted by molar-refractivity contribution is -0.889. The second kappa shape index (κ2) is 52.4. The number of aliphatic hydroxyl groups is 1. The van der Waals surface area contributed by atoms with E-state index in [1.54, 1.807) is 72.6 Å². The van der Waals surface area contributed by atoms with Crippen LogP contribution in [-0.2, 0) is 127 Å². The molecule has 732 valence electrons. The number of aliphatic hydroxyl groups excluding tert-OH is 1. The van der Waals surface area contributed by atoms with E-state index in [2.05, 4.69) is 65.4 Å². The van der Waals surface area contributed by atoms with Gasteiger partial charge in [0.1, 0.15) is 79.2 Å². The van der Waals surface area contributed by atoms with Gasteiger partial charge in [-0.2, -0.15) is 0 Å². The Hall–Kier alpha value is -11.5. The number of aromatic nitrogens is 1. The van der Waals surface area contributed by atoms with E-state index in [0.29, 0.717) is 134 Å². The van der Waals surface area contributed by atoms with E-state index in [4.69, 9.17) is 18.9 Å². The predicted molar refractivity (Wildman–Crippen MR) is 498 cm³/mol. The fourth-order valence-electron chi connectivity index (χ4n) is 17.6. The van der Waals surface area contributed by atoms with Crippen LogP contribution >= 0.6 is 0 Å². The van der Waals surface area contributed by atoms with Gasteiger partial charge in [0, 0.05) is 121 Å². The van der Waals surface area contributed by atoms with Crippen LogP contribution in [0.4, 0.5) is 4.39 Å². The summed E-state index contributed by atoms with van der Waals surface area (Å²) in [6.45, 7) is 7.97. The number of nitrogens with zero attached hydrogens (tertiary/aromatic N) is 5. The van der Waals surface area contributed by atoms with E-state index in [-0.39, 0.29) is 109 Å². The highest BCUT2D eigenvalue weighted by Crippen LogP contribution is 2.33. The number of ether oxygens (including phenoxy) is 4. The first-order valence-corrected chi connectivity index (χ1v) is 47.8. The molecule has 35 nitrogen and oxygen atoms in total. The van der Waals surface area contributed by atoms with Gasteiger partial charge in [-0.15, -0.1) is 0 Å². The van der Waals surface area contributed by atoms with Crippen molar-refractivity contribution in [3.05, 3.63) is 136 Å². The maximum Gasteiger partial charge on any atom is 0.246 e. The molecule has 1 unspecified atom stereocenters. The number of quaternary nitrogens is 1. The highest BCUT2D eigenvalue weighted by molar-refractivity contribution is 6.00. The first-order valence-electron chi connectivity index (χ1n) is 47.8. The fraction of sp³-hybridized carbons (Fsp3) is 0.592. The highest BCUT2D eigenvalue weighted by Gasteiger charge is 2.50. The van der Waals surface area contributed by atoms with Crippen molar-refractivity contribution in [2.24, 2.45) is 0 Å². The van der Waals surface area contributed by atoms with Crippen LogP contribution < -0.4 is 63.2 Å². The molecule has 5 aromatic rings. The van der Waals surface area contributed by atoms with Gasteiger partial charge < -0.3 is 106 Å². The van der Waals surface area contributed by atoms with Gasteiger partial charge in [-0.3, -0.25) is 67.1 Å². The molecule has 12 bridgehead atoms. The van der Waals surface area contributed by atoms with E-state index in [9.17, 15) is 43.5 Å². The zero-order chi connectivity index (χ0) is 96.3. The summed E-state index contributed by atoms with van der Waals surface area (Å²) in [7, 11) is 5.52. The maximum absolute atomic E-state index is 16.4. The summed E-state index contributed by atoms with van der Waals surface area (Å²) in [5, 5.41) is 43.0. The molecule has 12 N–H and O–H groups in total. The van der Waals surface area contributed by atoms with Gasteiger partial charge in [0.2, 0.25) is 82.7 Å². The number of fused-ring (bicyclic) bond motifs is 16. The molecule has 2 saturated heterocycles. The number of amides is 14. The molecule has 0 spiro atoms. The van der Waals surface area contributed by atoms with Crippen molar-refractivity contribution in [3.8, 4) is 5.75 Å². The molecular weight excluding hydrogens is 1720 g/mol. The Morgan fingerprint density at radius 3 is 2.06 bits per heavy atom. The van der Waals surface area contributed by atoms with Crippen LogP contribution in [0.3, 0.4) is 0 Å². The number of nitrogens with one attached hydrogen (secondary N) is 11. The van der Waals surface area contributed by atoms with Gasteiger partial charge in [0.25, 0.3) is 0 Å². The lowest BCUT2D eigenvalue weighted by atomic mass is 9.95. The molecule has 0 radical (unpaired) electrons. The van der Waals surface area contributed by atoms with Crippen molar-refractivity contribution in [3.63, 3.8) is 0 Å². The van der Waals surface area contributed by atoms with Gasteiger partial charge in [-0.1, -0.05) is 119 Å². The quantitative estimate of drug-likeness (QED) is 0.0229. The van der Waals surface area contributed by atoms with Crippen LogP contribution in [0.25, 0.3) is 10.9 Å². The van der Waals surface area contributed by atoms with Crippen LogP contribution in [0.15, 0.2) is 97.2 Å². The summed E-state index contributed by atoms with van der Waals surface area (Å²) >= 11 is 0. The topological polar surface area (TPSA) is 443 Å². The highest BCUT2D eigenvalue weighted by atomic mass is 19.1. The van der Waals surface area contributed by atoms with Crippen molar-refractivity contribution in [2.45, 2.75) is 261 Å². The van der Waals surface area contributed by atoms with E-state index >= 15 is 33.2 Å². The van der Waals surface area contributed by atoms with Gasteiger partial charge in [0.05, 0.1) is 66.3 Å². The smallest absolute Gasteiger partial charge is 0.246 e. The summed E-state index contributed by atoms with van der Waals surface area (Å²) in [6, 6.07) is 13.5. The first kappa shape index (κ1) is 105. The predicted octanol–water partition coefficient (Wildman–Crippen LogP) is 3.95. The molecule has 14 amide bonds. The van der Waals surface area contributed by atoms with E-state index in [0.717, 1.165) is 73.8 Å². The third kappa shape index (κ3) is 32.1. The maximum atomic E-state index is 16.4. The number of hydrogen-bond acceptors (Lipinski definition) is 19. The molecule has 4 aromatic carbocycles. The van der Waals surface area contributed by atoms with Gasteiger partial charge in [-0.05, 0) is 142 Å². The second-order valence-corrected chi connectivity index (χ2v) is 36.7. The SMILES string of the molecule is CCCCCCC(=O)NCCCCCCCC(=O)NCC[N+](C)(C)CCOCCOCC(=O)NC[C@H]1NC(=O)[C@H](C)NC(=O)CCC(=O)N2CCCCCCn3cc(c4cc(F)ccc43)C[C@@H]3NC(=O)[C@H](Cc4cccc(c4)CNC(=O)CO[C@H]4CCN(C3=O)C4C(=O)N[C@@H]([C@@H](C)O)C(=O)N[C@@H](Cc3ccc(OC)cc3)C(=O)N3CCC[C@@]3(C)C(=O)NCCc3ccc(cc3)C2)NC1=O. The van der Waals surface area contributed by atoms with Crippen LogP contribution in [-0.4, -0.2) is 285 Å². The lowest BCUT2D eigenvalue weighted by Gasteiger charge is -2.37. The lowest BCUT2D eigenvalue weighted by Crippen LogP contribution is -2.64. The van der Waals surface area contributed by atoms with Crippen molar-refractivity contribution in [1.82, 2.24) is 77.8 Å². The van der Waals surface area contributed by atoms with E-state index < -0.39 is 157 Å². The van der Waals surface area contributed by atoms with Crippen molar-refractivity contribution in [1.29, 1.82) is 0 Å². The van der Waals surface area contributed by atoms with Gasteiger partial charge >= 0.3 is 0 Å². The Balaban J connectivity index is 0.926. The van der Waals surface area contributed by atoms with Crippen molar-refractivity contribution < 1.29 is 100 Å². The number of unbranched alkanes of at least 4 members (excludes halogenated alkanes) is 7. The first-order chi connectivity index (χ1) is 64.4. The minimum atomic E-state index is -1.88. The zero-order valence-corrected chi connectivity index (χ0v) is 78.8. The minimum absolute atomic E-state index is 0.0140. The molecule has 7 heterocycles. The number of aryl methyl sites for hydroxylation is 1. The molecule has 6 aliphatic rings. The second-order valence-electron chi connectivity index (χ2n) is 36.7. The minimum Gasteiger partial charge on any atom is -0.497 e. The molecule has 0 aliphatic carbocycles. The average Bonchev–Trinajstić information content (AvgIpc) is 1.62. The normalized spacial score (nSPS) is 22.7. The van der Waals surface area contributed by atoms with Gasteiger partial charge in [-0.25, -0.2) is 4.39 Å². The largest absolute Gasteiger partial charge is 0.497 e. The van der Waals surface area contributed by atoms with Crippen LogP contribution in [0.1, 0.15) is 189 Å². The van der Waals surface area contributed by atoms with Crippen LogP contribution in [0.2, 0.25) is 0 Å². The molecule has 6 aliphatic heterocycles. The zero-order valence-electron chi connectivity index (χ0n) is 78.8. The van der Waals surface area contributed by atoms with Crippen LogP contribution in [0, 0.1) is 5.82 Å². The monoisotopic (exact) mass is 1860 g/mol. The fourth-order valence-corrected chi connectivity index (χ4v) is 17.6. The Morgan fingerprint density at radius 2 is 1.31 bits per heavy atom. The Bertz CT molecular complexity index is 4820. The Morgan fingerprint density at radius 1 is 0.619 bits per heavy atom. The van der Waals surface area contributed by atoms with E-state index in [1.165, 1.54) is 38.0 Å². The third-order valence-corrected chi connectivity index (χ3v) is 25.7. The Kier molecular flexibility index (Phi) is 40.9. The summed E-state index contributed by atoms with van der Waals surface area (Å²) in [5.41, 5.74) is 2.58. The number of likely N-dealkylation sites (N-methyl/N-ethyl adjacent to an activating group) is 1.